The van der Waals surface area contributed by atoms with E-state index >= 15 is 0 Å². The number of carbonyl (C=O) groups excluding carboxylic acids is 1. The molecule has 1 atom stereocenters. The average molecular weight is 301 g/mol. The Kier molecular flexibility index (Phi) is 4.65. The minimum atomic E-state index is -1.19. The Hall–Kier alpha value is -1.40. The number of halogens is 1. The smallest absolute Gasteiger partial charge is 0.321 e. The largest absolute Gasteiger partial charge is 0.480 e. The second kappa shape index (κ2) is 5.79. The van der Waals surface area contributed by atoms with Crippen molar-refractivity contribution in [2.24, 2.45) is 5.73 Å². The molecule has 0 bridgehead atoms. The summed E-state index contributed by atoms with van der Waals surface area (Å²) in [6.45, 7) is 1.93. The number of carboxylic acids is 1. The predicted molar refractivity (Wildman–Crippen MR) is 67.7 cm³/mol. The third-order valence-corrected chi connectivity index (χ3v) is 2.78. The van der Waals surface area contributed by atoms with Gasteiger partial charge < -0.3 is 16.2 Å². The van der Waals surface area contributed by atoms with Crippen LogP contribution in [0.4, 0.5) is 5.69 Å². The van der Waals surface area contributed by atoms with Gasteiger partial charge in [-0.1, -0.05) is 6.07 Å². The average Bonchev–Trinajstić information content (AvgIpc) is 2.22. The van der Waals surface area contributed by atoms with Crippen molar-refractivity contribution in [1.82, 2.24) is 0 Å². The van der Waals surface area contributed by atoms with Crippen LogP contribution in [0, 0.1) is 6.92 Å². The summed E-state index contributed by atoms with van der Waals surface area (Å²) in [4.78, 5) is 22.0. The molecule has 0 saturated heterocycles. The quantitative estimate of drug-likeness (QED) is 0.785. The molecular weight excluding hydrogens is 288 g/mol. The van der Waals surface area contributed by atoms with E-state index in [1.807, 2.05) is 19.1 Å². The van der Waals surface area contributed by atoms with Crippen molar-refractivity contribution in [3.8, 4) is 0 Å². The number of aryl methyl sites for hydroxylation is 1. The Morgan fingerprint density at radius 2 is 2.18 bits per heavy atom. The molecule has 92 valence electrons. The zero-order chi connectivity index (χ0) is 13.0. The fraction of sp³-hybridized carbons (Fsp3) is 0.273. The Labute approximate surface area is 107 Å². The third-order valence-electron chi connectivity index (χ3n) is 2.12. The molecule has 1 unspecified atom stereocenters. The number of nitrogens with one attached hydrogen (secondary N) is 1. The summed E-state index contributed by atoms with van der Waals surface area (Å²) < 4.78 is 0.745. The molecule has 0 aliphatic heterocycles. The van der Waals surface area contributed by atoms with Crippen LogP contribution in [0.1, 0.15) is 12.0 Å². The minimum absolute atomic E-state index is 0.254. The van der Waals surface area contributed by atoms with E-state index in [0.29, 0.717) is 5.69 Å². The van der Waals surface area contributed by atoms with Crippen LogP contribution in [0.2, 0.25) is 0 Å². The third kappa shape index (κ3) is 4.16. The summed E-state index contributed by atoms with van der Waals surface area (Å²) in [5, 5.41) is 11.2. The summed E-state index contributed by atoms with van der Waals surface area (Å²) in [6, 6.07) is 4.26. The highest BCUT2D eigenvalue weighted by Crippen LogP contribution is 2.23. The lowest BCUT2D eigenvalue weighted by Gasteiger charge is -2.09. The number of hydrogen-bond donors (Lipinski definition) is 3. The molecule has 0 heterocycles. The van der Waals surface area contributed by atoms with E-state index in [9.17, 15) is 9.59 Å². The lowest BCUT2D eigenvalue weighted by Crippen LogP contribution is -2.34. The molecule has 0 aliphatic carbocycles. The molecule has 0 aromatic heterocycles. The van der Waals surface area contributed by atoms with E-state index in [0.717, 1.165) is 10.0 Å². The number of carboxylic acid groups (broad SMARTS) is 1. The van der Waals surface area contributed by atoms with Crippen molar-refractivity contribution in [1.29, 1.82) is 0 Å². The van der Waals surface area contributed by atoms with E-state index in [1.54, 1.807) is 6.07 Å². The van der Waals surface area contributed by atoms with Crippen molar-refractivity contribution >= 4 is 33.5 Å². The molecule has 6 heteroatoms. The van der Waals surface area contributed by atoms with E-state index in [-0.39, 0.29) is 6.42 Å². The number of amides is 1. The van der Waals surface area contributed by atoms with Gasteiger partial charge in [0.25, 0.3) is 0 Å². The first-order chi connectivity index (χ1) is 7.90. The van der Waals surface area contributed by atoms with Crippen molar-refractivity contribution in [2.75, 3.05) is 5.32 Å². The molecule has 0 aliphatic rings. The van der Waals surface area contributed by atoms with Crippen LogP contribution in [0.3, 0.4) is 0 Å². The molecular formula is C11H13BrN2O3. The molecule has 0 radical (unpaired) electrons. The van der Waals surface area contributed by atoms with Gasteiger partial charge >= 0.3 is 5.97 Å². The number of nitrogens with two attached hydrogens (primary N) is 1. The maximum Gasteiger partial charge on any atom is 0.321 e. The number of benzene rings is 1. The highest BCUT2D eigenvalue weighted by Gasteiger charge is 2.16. The number of aliphatic carboxylic acids is 1. The molecule has 0 spiro atoms. The highest BCUT2D eigenvalue weighted by atomic mass is 79.9. The monoisotopic (exact) mass is 300 g/mol. The van der Waals surface area contributed by atoms with Gasteiger partial charge in [-0.2, -0.15) is 0 Å². The molecule has 1 rings (SSSR count). The first-order valence-electron chi connectivity index (χ1n) is 4.94. The molecule has 0 saturated carbocycles. The normalized spacial score (nSPS) is 11.9. The standard InChI is InChI=1S/C11H13BrN2O3/c1-6-2-3-9(7(12)4-6)14-10(15)5-8(13)11(16)17/h2-4,8H,5,13H2,1H3,(H,14,15)(H,16,17). The predicted octanol–water partition coefficient (Wildman–Crippen LogP) is 1.50. The lowest BCUT2D eigenvalue weighted by molar-refractivity contribution is -0.140. The summed E-state index contributed by atoms with van der Waals surface area (Å²) in [5.41, 5.74) is 6.91. The Morgan fingerprint density at radius 1 is 1.53 bits per heavy atom. The second-order valence-corrected chi connectivity index (χ2v) is 4.53. The van der Waals surface area contributed by atoms with Crippen molar-refractivity contribution in [3.63, 3.8) is 0 Å². The van der Waals surface area contributed by atoms with Gasteiger partial charge in [0.1, 0.15) is 6.04 Å². The van der Waals surface area contributed by atoms with E-state index < -0.39 is 17.9 Å². The maximum atomic E-state index is 11.5. The Balaban J connectivity index is 2.65. The van der Waals surface area contributed by atoms with Crippen LogP contribution in [-0.2, 0) is 9.59 Å². The summed E-state index contributed by atoms with van der Waals surface area (Å²) in [7, 11) is 0. The molecule has 5 nitrogen and oxygen atoms in total. The van der Waals surface area contributed by atoms with Crippen LogP contribution in [0.15, 0.2) is 22.7 Å². The molecule has 4 N–H and O–H groups in total. The van der Waals surface area contributed by atoms with Crippen LogP contribution >= 0.6 is 15.9 Å². The van der Waals surface area contributed by atoms with Crippen LogP contribution in [0.5, 0.6) is 0 Å². The fourth-order valence-electron chi connectivity index (χ4n) is 1.21. The topological polar surface area (TPSA) is 92.4 Å². The zero-order valence-electron chi connectivity index (χ0n) is 9.24. The number of anilines is 1. The summed E-state index contributed by atoms with van der Waals surface area (Å²) >= 11 is 3.31. The zero-order valence-corrected chi connectivity index (χ0v) is 10.8. The van der Waals surface area contributed by atoms with E-state index in [1.165, 1.54) is 0 Å². The lowest BCUT2D eigenvalue weighted by atomic mass is 10.2. The van der Waals surface area contributed by atoms with Crippen molar-refractivity contribution in [3.05, 3.63) is 28.2 Å². The van der Waals surface area contributed by atoms with Gasteiger partial charge in [0.05, 0.1) is 12.1 Å². The van der Waals surface area contributed by atoms with Gasteiger partial charge in [0.15, 0.2) is 0 Å². The van der Waals surface area contributed by atoms with Crippen LogP contribution in [-0.4, -0.2) is 23.0 Å². The fourth-order valence-corrected chi connectivity index (χ4v) is 1.80. The van der Waals surface area contributed by atoms with Gasteiger partial charge in [0.2, 0.25) is 5.91 Å². The van der Waals surface area contributed by atoms with Crippen molar-refractivity contribution < 1.29 is 14.7 Å². The van der Waals surface area contributed by atoms with E-state index in [2.05, 4.69) is 21.2 Å². The summed E-state index contributed by atoms with van der Waals surface area (Å²) in [6.07, 6.45) is -0.254. The number of hydrogen-bond acceptors (Lipinski definition) is 3. The van der Waals surface area contributed by atoms with Gasteiger partial charge in [0, 0.05) is 4.47 Å². The van der Waals surface area contributed by atoms with E-state index in [4.69, 9.17) is 10.8 Å². The molecule has 1 aromatic carbocycles. The molecule has 1 amide bonds. The van der Waals surface area contributed by atoms with Gasteiger partial charge in [-0.25, -0.2) is 0 Å². The van der Waals surface area contributed by atoms with Gasteiger partial charge in [-0.15, -0.1) is 0 Å². The number of carbonyl (C=O) groups is 2. The molecule has 1 aromatic rings. The molecule has 17 heavy (non-hydrogen) atoms. The SMILES string of the molecule is Cc1ccc(NC(=O)CC(N)C(=O)O)c(Br)c1. The van der Waals surface area contributed by atoms with Crippen LogP contribution in [0.25, 0.3) is 0 Å². The maximum absolute atomic E-state index is 11.5. The van der Waals surface area contributed by atoms with Crippen LogP contribution < -0.4 is 11.1 Å². The Bertz CT molecular complexity index is 448. The first-order valence-corrected chi connectivity index (χ1v) is 5.74. The number of rotatable bonds is 4. The second-order valence-electron chi connectivity index (χ2n) is 3.68. The Morgan fingerprint density at radius 3 is 2.71 bits per heavy atom. The van der Waals surface area contributed by atoms with Gasteiger partial charge in [-0.05, 0) is 40.5 Å². The minimum Gasteiger partial charge on any atom is -0.480 e. The van der Waals surface area contributed by atoms with Crippen molar-refractivity contribution in [2.45, 2.75) is 19.4 Å². The first kappa shape index (κ1) is 13.7. The van der Waals surface area contributed by atoms with Gasteiger partial charge in [-0.3, -0.25) is 9.59 Å². The summed E-state index contributed by atoms with van der Waals surface area (Å²) in [5.74, 6) is -1.62. The molecule has 0 fully saturated rings. The highest BCUT2D eigenvalue weighted by molar-refractivity contribution is 9.10.